The van der Waals surface area contributed by atoms with E-state index in [1.807, 2.05) is 6.92 Å². The maximum absolute atomic E-state index is 13.5. The summed E-state index contributed by atoms with van der Waals surface area (Å²) in [6.07, 6.45) is 2.03. The van der Waals surface area contributed by atoms with Crippen molar-refractivity contribution in [1.29, 1.82) is 0 Å². The van der Waals surface area contributed by atoms with Crippen molar-refractivity contribution in [2.24, 2.45) is 5.73 Å². The molecule has 18 heavy (non-hydrogen) atoms. The Balaban J connectivity index is 2.43. The minimum Gasteiger partial charge on any atom is -0.323 e. The SMILES string of the molecule is CCC(N)c1cn(-c2ccc(F)c(F)c2F)nn1. The van der Waals surface area contributed by atoms with Crippen LogP contribution in [0.1, 0.15) is 25.1 Å². The minimum absolute atomic E-state index is 0.212. The molecule has 0 bridgehead atoms. The van der Waals surface area contributed by atoms with Crippen LogP contribution in [0.3, 0.4) is 0 Å². The third-order valence-electron chi connectivity index (χ3n) is 2.59. The van der Waals surface area contributed by atoms with E-state index in [-0.39, 0.29) is 11.7 Å². The van der Waals surface area contributed by atoms with Crippen molar-refractivity contribution in [1.82, 2.24) is 15.0 Å². The van der Waals surface area contributed by atoms with Gasteiger partial charge in [0.1, 0.15) is 5.69 Å². The van der Waals surface area contributed by atoms with E-state index in [9.17, 15) is 13.2 Å². The number of halogens is 3. The van der Waals surface area contributed by atoms with Crippen LogP contribution in [0.25, 0.3) is 5.69 Å². The highest BCUT2D eigenvalue weighted by molar-refractivity contribution is 5.34. The fourth-order valence-electron chi connectivity index (χ4n) is 1.47. The van der Waals surface area contributed by atoms with Crippen LogP contribution in [0.2, 0.25) is 0 Å². The molecule has 0 radical (unpaired) electrons. The molecular weight excluding hydrogens is 245 g/mol. The lowest BCUT2D eigenvalue weighted by molar-refractivity contribution is 0.442. The van der Waals surface area contributed by atoms with Crippen molar-refractivity contribution >= 4 is 0 Å². The molecule has 0 saturated carbocycles. The highest BCUT2D eigenvalue weighted by Crippen LogP contribution is 2.19. The predicted octanol–water partition coefficient (Wildman–Crippen LogP) is 2.09. The molecule has 0 fully saturated rings. The second-order valence-corrected chi connectivity index (χ2v) is 3.80. The summed E-state index contributed by atoms with van der Waals surface area (Å²) in [5.74, 6) is -4.09. The van der Waals surface area contributed by atoms with Gasteiger partial charge in [-0.1, -0.05) is 12.1 Å². The molecule has 2 N–H and O–H groups in total. The largest absolute Gasteiger partial charge is 0.323 e. The first kappa shape index (κ1) is 12.6. The van der Waals surface area contributed by atoms with Crippen LogP contribution < -0.4 is 5.73 Å². The number of rotatable bonds is 3. The summed E-state index contributed by atoms with van der Waals surface area (Å²) in [6, 6.07) is 1.59. The van der Waals surface area contributed by atoms with Gasteiger partial charge in [-0.05, 0) is 18.6 Å². The smallest absolute Gasteiger partial charge is 0.196 e. The molecule has 1 aromatic heterocycles. The lowest BCUT2D eigenvalue weighted by atomic mass is 10.2. The van der Waals surface area contributed by atoms with Crippen LogP contribution in [0.4, 0.5) is 13.2 Å². The molecule has 4 nitrogen and oxygen atoms in total. The molecule has 0 aliphatic rings. The van der Waals surface area contributed by atoms with Crippen LogP contribution in [0, 0.1) is 17.5 Å². The van der Waals surface area contributed by atoms with E-state index in [0.717, 1.165) is 16.8 Å². The summed E-state index contributed by atoms with van der Waals surface area (Å²) in [5.41, 5.74) is 5.98. The summed E-state index contributed by atoms with van der Waals surface area (Å²) in [4.78, 5) is 0. The standard InChI is InChI=1S/C11H11F3N4/c1-2-7(15)8-5-18(17-16-8)9-4-3-6(12)10(13)11(9)14/h3-5,7H,2,15H2,1H3. The Kier molecular flexibility index (Phi) is 3.33. The molecular formula is C11H11F3N4. The molecule has 1 unspecified atom stereocenters. The summed E-state index contributed by atoms with van der Waals surface area (Å²) in [6.45, 7) is 1.86. The van der Waals surface area contributed by atoms with E-state index >= 15 is 0 Å². The van der Waals surface area contributed by atoms with Crippen molar-refractivity contribution in [2.75, 3.05) is 0 Å². The van der Waals surface area contributed by atoms with Crippen molar-refractivity contribution in [3.63, 3.8) is 0 Å². The van der Waals surface area contributed by atoms with Gasteiger partial charge < -0.3 is 5.73 Å². The molecule has 2 rings (SSSR count). The van der Waals surface area contributed by atoms with Crippen molar-refractivity contribution in [3.8, 4) is 5.69 Å². The molecule has 7 heteroatoms. The van der Waals surface area contributed by atoms with Crippen molar-refractivity contribution in [3.05, 3.63) is 41.5 Å². The summed E-state index contributed by atoms with van der Waals surface area (Å²) < 4.78 is 40.4. The van der Waals surface area contributed by atoms with E-state index in [2.05, 4.69) is 10.3 Å². The number of hydrogen-bond acceptors (Lipinski definition) is 3. The second kappa shape index (κ2) is 4.77. The fraction of sp³-hybridized carbons (Fsp3) is 0.273. The van der Waals surface area contributed by atoms with E-state index in [1.165, 1.54) is 6.20 Å². The maximum atomic E-state index is 13.5. The first-order chi connectivity index (χ1) is 8.54. The Morgan fingerprint density at radius 3 is 2.67 bits per heavy atom. The lowest BCUT2D eigenvalue weighted by Gasteiger charge is -2.04. The molecule has 0 aliphatic heterocycles. The van der Waals surface area contributed by atoms with Crippen LogP contribution in [-0.2, 0) is 0 Å². The van der Waals surface area contributed by atoms with Gasteiger partial charge in [0.25, 0.3) is 0 Å². The number of nitrogens with zero attached hydrogens (tertiary/aromatic N) is 3. The topological polar surface area (TPSA) is 56.7 Å². The van der Waals surface area contributed by atoms with E-state index < -0.39 is 17.5 Å². The van der Waals surface area contributed by atoms with Crippen LogP contribution in [0.15, 0.2) is 18.3 Å². The Bertz CT molecular complexity index is 567. The average molecular weight is 256 g/mol. The average Bonchev–Trinajstić information content (AvgIpc) is 2.84. The Morgan fingerprint density at radius 1 is 1.28 bits per heavy atom. The number of benzene rings is 1. The van der Waals surface area contributed by atoms with Crippen LogP contribution in [-0.4, -0.2) is 15.0 Å². The van der Waals surface area contributed by atoms with Gasteiger partial charge in [-0.15, -0.1) is 5.10 Å². The van der Waals surface area contributed by atoms with Crippen LogP contribution >= 0.6 is 0 Å². The van der Waals surface area contributed by atoms with Gasteiger partial charge in [-0.2, -0.15) is 0 Å². The van der Waals surface area contributed by atoms with E-state index in [0.29, 0.717) is 12.1 Å². The van der Waals surface area contributed by atoms with E-state index in [4.69, 9.17) is 5.73 Å². The molecule has 0 spiro atoms. The Labute approximate surface area is 101 Å². The predicted molar refractivity (Wildman–Crippen MR) is 58.5 cm³/mol. The van der Waals surface area contributed by atoms with Gasteiger partial charge in [0.15, 0.2) is 17.5 Å². The fourth-order valence-corrected chi connectivity index (χ4v) is 1.47. The molecule has 0 saturated heterocycles. The minimum atomic E-state index is -1.54. The molecule has 1 aromatic carbocycles. The van der Waals surface area contributed by atoms with Crippen molar-refractivity contribution in [2.45, 2.75) is 19.4 Å². The normalized spacial score (nSPS) is 12.7. The zero-order valence-electron chi connectivity index (χ0n) is 9.57. The van der Waals surface area contributed by atoms with Gasteiger partial charge in [0.05, 0.1) is 17.9 Å². The van der Waals surface area contributed by atoms with Gasteiger partial charge in [0, 0.05) is 0 Å². The Morgan fingerprint density at radius 2 is 2.00 bits per heavy atom. The summed E-state index contributed by atoms with van der Waals surface area (Å²) >= 11 is 0. The molecule has 2 aromatic rings. The highest BCUT2D eigenvalue weighted by atomic mass is 19.2. The van der Waals surface area contributed by atoms with Crippen LogP contribution in [0.5, 0.6) is 0 Å². The first-order valence-electron chi connectivity index (χ1n) is 5.36. The third kappa shape index (κ3) is 2.08. The van der Waals surface area contributed by atoms with Gasteiger partial charge >= 0.3 is 0 Å². The lowest BCUT2D eigenvalue weighted by Crippen LogP contribution is -2.08. The highest BCUT2D eigenvalue weighted by Gasteiger charge is 2.17. The zero-order chi connectivity index (χ0) is 13.3. The molecule has 1 atom stereocenters. The summed E-state index contributed by atoms with van der Waals surface area (Å²) in [7, 11) is 0. The number of aromatic nitrogens is 3. The van der Waals surface area contributed by atoms with Gasteiger partial charge in [-0.25, -0.2) is 17.9 Å². The monoisotopic (exact) mass is 256 g/mol. The number of hydrogen-bond donors (Lipinski definition) is 1. The second-order valence-electron chi connectivity index (χ2n) is 3.80. The molecule has 96 valence electrons. The number of nitrogens with two attached hydrogens (primary N) is 1. The van der Waals surface area contributed by atoms with Gasteiger partial charge in [0.2, 0.25) is 0 Å². The molecule has 1 heterocycles. The quantitative estimate of drug-likeness (QED) is 0.855. The van der Waals surface area contributed by atoms with Crippen molar-refractivity contribution < 1.29 is 13.2 Å². The molecule has 0 amide bonds. The Hall–Kier alpha value is -1.89. The molecule has 0 aliphatic carbocycles. The van der Waals surface area contributed by atoms with E-state index in [1.54, 1.807) is 0 Å². The summed E-state index contributed by atoms with van der Waals surface area (Å²) in [5, 5.41) is 7.41. The first-order valence-corrected chi connectivity index (χ1v) is 5.36. The zero-order valence-corrected chi connectivity index (χ0v) is 9.57. The third-order valence-corrected chi connectivity index (χ3v) is 2.59. The maximum Gasteiger partial charge on any atom is 0.196 e. The van der Waals surface area contributed by atoms with Gasteiger partial charge in [-0.3, -0.25) is 0 Å².